The monoisotopic (exact) mass is 329 g/mol. The molecule has 0 radical (unpaired) electrons. The number of benzene rings is 1. The van der Waals surface area contributed by atoms with Crippen LogP contribution in [0.2, 0.25) is 10.0 Å². The molecule has 0 spiro atoms. The first-order valence-corrected chi connectivity index (χ1v) is 6.99. The van der Waals surface area contributed by atoms with Gasteiger partial charge >= 0.3 is 5.97 Å². The zero-order valence-corrected chi connectivity index (χ0v) is 12.5. The van der Waals surface area contributed by atoms with Crippen molar-refractivity contribution in [2.75, 3.05) is 6.61 Å². The lowest BCUT2D eigenvalue weighted by atomic mass is 10.2. The molecule has 8 heteroatoms. The second-order valence-corrected chi connectivity index (χ2v) is 5.08. The van der Waals surface area contributed by atoms with Crippen molar-refractivity contribution in [2.45, 2.75) is 19.4 Å². The second-order valence-electron chi connectivity index (χ2n) is 4.27. The third-order valence-electron chi connectivity index (χ3n) is 2.67. The van der Waals surface area contributed by atoms with Crippen LogP contribution < -0.4 is 4.74 Å². The van der Waals surface area contributed by atoms with Gasteiger partial charge in [-0.05, 0) is 12.1 Å². The molecule has 0 aliphatic heterocycles. The van der Waals surface area contributed by atoms with Crippen molar-refractivity contribution in [3.63, 3.8) is 0 Å². The molecular weight excluding hydrogens is 317 g/mol. The zero-order valence-electron chi connectivity index (χ0n) is 11.0. The Morgan fingerprint density at radius 2 is 2.05 bits per heavy atom. The molecule has 21 heavy (non-hydrogen) atoms. The highest BCUT2D eigenvalue weighted by atomic mass is 35.5. The topological polar surface area (TPSA) is 77.2 Å². The van der Waals surface area contributed by atoms with Crippen molar-refractivity contribution in [3.05, 3.63) is 40.1 Å². The van der Waals surface area contributed by atoms with E-state index < -0.39 is 5.97 Å². The highest BCUT2D eigenvalue weighted by Crippen LogP contribution is 2.32. The van der Waals surface area contributed by atoms with E-state index in [1.807, 2.05) is 0 Å². The van der Waals surface area contributed by atoms with Gasteiger partial charge in [0.1, 0.15) is 6.61 Å². The maximum atomic E-state index is 10.5. The highest BCUT2D eigenvalue weighted by Gasteiger charge is 2.07. The standard InChI is InChI=1S/C13H13Cl2N3O3/c14-10-2-1-3-11(15)13(10)21-7-6-18-8-9(16-17-18)4-5-12(19)20/h1-3,8H,4-7H2,(H,19,20). The molecule has 1 aromatic heterocycles. The number of carboxylic acids is 1. The van der Waals surface area contributed by atoms with Crippen LogP contribution in [0.5, 0.6) is 5.75 Å². The van der Waals surface area contributed by atoms with E-state index in [2.05, 4.69) is 10.3 Å². The number of aryl methyl sites for hydroxylation is 1. The van der Waals surface area contributed by atoms with Crippen LogP contribution >= 0.6 is 23.2 Å². The van der Waals surface area contributed by atoms with E-state index in [0.717, 1.165) is 0 Å². The molecule has 0 amide bonds. The predicted octanol–water partition coefficient (Wildman–Crippen LogP) is 2.68. The Bertz CT molecular complexity index is 611. The van der Waals surface area contributed by atoms with Gasteiger partial charge in [-0.25, -0.2) is 4.68 Å². The van der Waals surface area contributed by atoms with Gasteiger partial charge in [-0.15, -0.1) is 5.10 Å². The molecule has 1 heterocycles. The number of ether oxygens (including phenoxy) is 1. The molecule has 0 unspecified atom stereocenters. The molecule has 1 aromatic carbocycles. The molecule has 2 aromatic rings. The summed E-state index contributed by atoms with van der Waals surface area (Å²) in [5, 5.41) is 17.3. The van der Waals surface area contributed by atoms with Crippen LogP contribution in [-0.4, -0.2) is 32.7 Å². The van der Waals surface area contributed by atoms with Gasteiger partial charge in [0.25, 0.3) is 0 Å². The highest BCUT2D eigenvalue weighted by molar-refractivity contribution is 6.37. The first-order chi connectivity index (χ1) is 10.1. The summed E-state index contributed by atoms with van der Waals surface area (Å²) in [6.45, 7) is 0.785. The summed E-state index contributed by atoms with van der Waals surface area (Å²) in [5.41, 5.74) is 0.633. The minimum atomic E-state index is -0.860. The normalized spacial score (nSPS) is 10.6. The summed E-state index contributed by atoms with van der Waals surface area (Å²) >= 11 is 12.0. The number of aromatic nitrogens is 3. The molecule has 0 aliphatic carbocycles. The smallest absolute Gasteiger partial charge is 0.303 e. The number of carbonyl (C=O) groups is 1. The summed E-state index contributed by atoms with van der Waals surface area (Å²) in [6, 6.07) is 5.13. The third-order valence-corrected chi connectivity index (χ3v) is 3.26. The number of rotatable bonds is 7. The van der Waals surface area contributed by atoms with Crippen molar-refractivity contribution in [1.82, 2.24) is 15.0 Å². The predicted molar refractivity (Wildman–Crippen MR) is 77.9 cm³/mol. The van der Waals surface area contributed by atoms with Gasteiger partial charge in [0.15, 0.2) is 5.75 Å². The van der Waals surface area contributed by atoms with E-state index in [4.69, 9.17) is 33.0 Å². The molecule has 112 valence electrons. The largest absolute Gasteiger partial charge is 0.489 e. The van der Waals surface area contributed by atoms with Gasteiger partial charge in [0.05, 0.1) is 28.7 Å². The molecule has 6 nitrogen and oxygen atoms in total. The van der Waals surface area contributed by atoms with Gasteiger partial charge in [0, 0.05) is 12.6 Å². The first-order valence-electron chi connectivity index (χ1n) is 6.24. The van der Waals surface area contributed by atoms with Crippen LogP contribution in [0.25, 0.3) is 0 Å². The van der Waals surface area contributed by atoms with Gasteiger partial charge in [-0.3, -0.25) is 4.79 Å². The van der Waals surface area contributed by atoms with Crippen LogP contribution in [0.1, 0.15) is 12.1 Å². The van der Waals surface area contributed by atoms with Gasteiger partial charge in [0.2, 0.25) is 0 Å². The minimum Gasteiger partial charge on any atom is -0.489 e. The van der Waals surface area contributed by atoms with Crippen molar-refractivity contribution < 1.29 is 14.6 Å². The van der Waals surface area contributed by atoms with E-state index >= 15 is 0 Å². The lowest BCUT2D eigenvalue weighted by Gasteiger charge is -2.09. The zero-order chi connectivity index (χ0) is 15.2. The maximum absolute atomic E-state index is 10.5. The Labute approximate surface area is 131 Å². The first kappa shape index (κ1) is 15.6. The van der Waals surface area contributed by atoms with Crippen molar-refractivity contribution in [1.29, 1.82) is 0 Å². The van der Waals surface area contributed by atoms with Gasteiger partial charge < -0.3 is 9.84 Å². The van der Waals surface area contributed by atoms with E-state index in [1.54, 1.807) is 29.1 Å². The molecule has 0 fully saturated rings. The quantitative estimate of drug-likeness (QED) is 0.844. The molecular formula is C13H13Cl2N3O3. The van der Waals surface area contributed by atoms with Crippen molar-refractivity contribution in [2.24, 2.45) is 0 Å². The average molecular weight is 330 g/mol. The summed E-state index contributed by atoms with van der Waals surface area (Å²) in [4.78, 5) is 10.5. The van der Waals surface area contributed by atoms with Crippen LogP contribution in [-0.2, 0) is 17.8 Å². The Morgan fingerprint density at radius 1 is 1.33 bits per heavy atom. The van der Waals surface area contributed by atoms with Gasteiger partial charge in [-0.1, -0.05) is 34.5 Å². The fourth-order valence-electron chi connectivity index (χ4n) is 1.66. The fourth-order valence-corrected chi connectivity index (χ4v) is 2.17. The number of nitrogens with zero attached hydrogens (tertiary/aromatic N) is 3. The third kappa shape index (κ3) is 4.61. The van der Waals surface area contributed by atoms with Crippen LogP contribution in [0, 0.1) is 0 Å². The summed E-state index contributed by atoms with van der Waals surface area (Å²) in [6.07, 6.45) is 2.08. The molecule has 0 aliphatic rings. The van der Waals surface area contributed by atoms with Crippen LogP contribution in [0.15, 0.2) is 24.4 Å². The number of carboxylic acid groups (broad SMARTS) is 1. The van der Waals surface area contributed by atoms with Crippen molar-refractivity contribution in [3.8, 4) is 5.75 Å². The Kier molecular flexibility index (Phi) is 5.41. The lowest BCUT2D eigenvalue weighted by Crippen LogP contribution is -2.09. The number of aliphatic carboxylic acids is 1. The Hall–Kier alpha value is -1.79. The van der Waals surface area contributed by atoms with Crippen LogP contribution in [0.4, 0.5) is 0 Å². The molecule has 0 saturated heterocycles. The van der Waals surface area contributed by atoms with E-state index in [0.29, 0.717) is 41.1 Å². The van der Waals surface area contributed by atoms with E-state index in [9.17, 15) is 4.79 Å². The molecule has 0 saturated carbocycles. The maximum Gasteiger partial charge on any atom is 0.303 e. The second kappa shape index (κ2) is 7.28. The minimum absolute atomic E-state index is 0.0322. The summed E-state index contributed by atoms with van der Waals surface area (Å²) in [7, 11) is 0. The van der Waals surface area contributed by atoms with E-state index in [-0.39, 0.29) is 6.42 Å². The Morgan fingerprint density at radius 3 is 2.71 bits per heavy atom. The number of para-hydroxylation sites is 1. The Balaban J connectivity index is 1.85. The summed E-state index contributed by atoms with van der Waals surface area (Å²) < 4.78 is 7.12. The average Bonchev–Trinajstić information content (AvgIpc) is 2.88. The van der Waals surface area contributed by atoms with Crippen LogP contribution in [0.3, 0.4) is 0 Å². The molecule has 2 rings (SSSR count). The SMILES string of the molecule is O=C(O)CCc1cn(CCOc2c(Cl)cccc2Cl)nn1. The molecule has 0 bridgehead atoms. The van der Waals surface area contributed by atoms with Gasteiger partial charge in [-0.2, -0.15) is 0 Å². The molecule has 1 N–H and O–H groups in total. The molecule has 0 atom stereocenters. The summed E-state index contributed by atoms with van der Waals surface area (Å²) in [5.74, 6) is -0.423. The number of hydrogen-bond acceptors (Lipinski definition) is 4. The fraction of sp³-hybridized carbons (Fsp3) is 0.308. The van der Waals surface area contributed by atoms with E-state index in [1.165, 1.54) is 0 Å². The number of hydrogen-bond donors (Lipinski definition) is 1. The van der Waals surface area contributed by atoms with Crippen molar-refractivity contribution >= 4 is 29.2 Å². The number of halogens is 2. The lowest BCUT2D eigenvalue weighted by molar-refractivity contribution is -0.136.